The molecule has 3 aromatic heterocycles. The van der Waals surface area contributed by atoms with Crippen molar-refractivity contribution in [2.75, 3.05) is 13.7 Å². The first-order chi connectivity index (χ1) is 15.7. The lowest BCUT2D eigenvalue weighted by molar-refractivity contribution is 0.0910. The number of amides is 1. The summed E-state index contributed by atoms with van der Waals surface area (Å²) in [7, 11) is 3.26. The minimum atomic E-state index is -0.834. The number of carbonyl (C=O) groups excluding carboxylic acids is 1. The molecule has 4 aromatic rings. The molecule has 1 aromatic carbocycles. The predicted molar refractivity (Wildman–Crippen MR) is 118 cm³/mol. The second-order valence-corrected chi connectivity index (χ2v) is 8.63. The monoisotopic (exact) mass is 493 g/mol. The Morgan fingerprint density at radius 3 is 2.82 bits per heavy atom. The molecule has 1 amide bonds. The second-order valence-electron chi connectivity index (χ2n) is 7.38. The topological polar surface area (TPSA) is 95.1 Å². The van der Waals surface area contributed by atoms with Crippen LogP contribution in [0.3, 0.4) is 0 Å². The Morgan fingerprint density at radius 2 is 2.15 bits per heavy atom. The Labute approximate surface area is 196 Å². The molecule has 0 spiro atoms. The number of nitrogens with zero attached hydrogens (tertiary/aromatic N) is 4. The van der Waals surface area contributed by atoms with Crippen molar-refractivity contribution in [1.29, 1.82) is 0 Å². The van der Waals surface area contributed by atoms with Crippen molar-refractivity contribution >= 4 is 28.8 Å². The van der Waals surface area contributed by atoms with E-state index in [1.807, 2.05) is 6.92 Å². The number of methoxy groups -OCH3 is 1. The fourth-order valence-corrected chi connectivity index (χ4v) is 4.51. The second kappa shape index (κ2) is 8.91. The van der Waals surface area contributed by atoms with Crippen LogP contribution in [0.1, 0.15) is 28.0 Å². The Kier molecular flexibility index (Phi) is 6.17. The Balaban J connectivity index is 1.60. The number of rotatable bonds is 7. The first-order valence-electron chi connectivity index (χ1n) is 9.61. The van der Waals surface area contributed by atoms with Gasteiger partial charge in [0.15, 0.2) is 0 Å². The lowest BCUT2D eigenvalue weighted by atomic mass is 9.84. The number of hydrogen-bond donors (Lipinski definition) is 1. The summed E-state index contributed by atoms with van der Waals surface area (Å²) in [6.45, 7) is 1.97. The first kappa shape index (κ1) is 22.9. The van der Waals surface area contributed by atoms with Gasteiger partial charge in [-0.25, -0.2) is 18.4 Å². The summed E-state index contributed by atoms with van der Waals surface area (Å²) >= 11 is 7.39. The van der Waals surface area contributed by atoms with Crippen molar-refractivity contribution in [3.63, 3.8) is 0 Å². The lowest BCUT2D eigenvalue weighted by Gasteiger charge is -2.27. The molecule has 0 aliphatic rings. The minimum absolute atomic E-state index is 0.0153. The van der Waals surface area contributed by atoms with Crippen LogP contribution in [0.2, 0.25) is 5.15 Å². The number of hydrogen-bond acceptors (Lipinski definition) is 7. The Hall–Kier alpha value is -3.31. The van der Waals surface area contributed by atoms with Crippen molar-refractivity contribution in [2.24, 2.45) is 7.05 Å². The lowest BCUT2D eigenvalue weighted by Crippen LogP contribution is -2.39. The number of benzene rings is 1. The molecule has 0 aliphatic carbocycles. The van der Waals surface area contributed by atoms with Crippen LogP contribution in [0.25, 0.3) is 11.3 Å². The van der Waals surface area contributed by atoms with E-state index in [0.717, 1.165) is 12.1 Å². The van der Waals surface area contributed by atoms with E-state index in [1.54, 1.807) is 23.3 Å². The van der Waals surface area contributed by atoms with Crippen LogP contribution in [-0.2, 0) is 12.5 Å². The summed E-state index contributed by atoms with van der Waals surface area (Å²) in [5.41, 5.74) is -0.0491. The molecular weight excluding hydrogens is 476 g/mol. The normalized spacial score (nSPS) is 13.0. The molecule has 3 heterocycles. The van der Waals surface area contributed by atoms with Crippen molar-refractivity contribution in [2.45, 2.75) is 12.3 Å². The molecule has 0 aliphatic heterocycles. The molecule has 33 heavy (non-hydrogen) atoms. The number of thiazole rings is 1. The number of halogens is 3. The van der Waals surface area contributed by atoms with Gasteiger partial charge in [-0.3, -0.25) is 4.79 Å². The van der Waals surface area contributed by atoms with Gasteiger partial charge in [-0.05, 0) is 19.1 Å². The fraction of sp³-hybridized carbons (Fsp3) is 0.238. The highest BCUT2D eigenvalue weighted by Gasteiger charge is 2.38. The van der Waals surface area contributed by atoms with Gasteiger partial charge in [0.25, 0.3) is 5.91 Å². The number of aromatic nitrogens is 4. The highest BCUT2D eigenvalue weighted by atomic mass is 35.5. The number of nitrogens with one attached hydrogen (secondary N) is 1. The van der Waals surface area contributed by atoms with Gasteiger partial charge in [0.2, 0.25) is 11.6 Å². The van der Waals surface area contributed by atoms with Crippen molar-refractivity contribution in [3.05, 3.63) is 69.0 Å². The number of ether oxygens (including phenoxy) is 1. The van der Waals surface area contributed by atoms with Gasteiger partial charge < -0.3 is 14.6 Å². The maximum atomic E-state index is 14.0. The molecule has 1 atom stereocenters. The molecule has 12 heteroatoms. The fourth-order valence-electron chi connectivity index (χ4n) is 3.39. The third kappa shape index (κ3) is 4.33. The van der Waals surface area contributed by atoms with Gasteiger partial charge in [-0.15, -0.1) is 11.3 Å². The highest BCUT2D eigenvalue weighted by Crippen LogP contribution is 2.39. The van der Waals surface area contributed by atoms with E-state index in [1.165, 1.54) is 30.6 Å². The number of carbonyl (C=O) groups is 1. The molecule has 1 unspecified atom stereocenters. The predicted octanol–water partition coefficient (Wildman–Crippen LogP) is 4.21. The summed E-state index contributed by atoms with van der Waals surface area (Å²) in [6, 6.07) is 4.34. The van der Waals surface area contributed by atoms with Gasteiger partial charge in [-0.1, -0.05) is 16.8 Å². The van der Waals surface area contributed by atoms with Gasteiger partial charge in [0.05, 0.1) is 18.7 Å². The summed E-state index contributed by atoms with van der Waals surface area (Å²) in [5.74, 6) is -1.73. The van der Waals surface area contributed by atoms with Crippen LogP contribution in [-0.4, -0.2) is 39.5 Å². The number of aryl methyl sites for hydroxylation is 1. The van der Waals surface area contributed by atoms with Crippen LogP contribution in [0.5, 0.6) is 5.88 Å². The first-order valence-corrected chi connectivity index (χ1v) is 10.9. The molecule has 0 saturated heterocycles. The van der Waals surface area contributed by atoms with Crippen molar-refractivity contribution in [3.8, 4) is 17.1 Å². The largest absolute Gasteiger partial charge is 0.481 e. The van der Waals surface area contributed by atoms with Crippen LogP contribution in [0.4, 0.5) is 8.78 Å². The molecule has 0 fully saturated rings. The van der Waals surface area contributed by atoms with Gasteiger partial charge in [0.1, 0.15) is 27.5 Å². The van der Waals surface area contributed by atoms with Gasteiger partial charge in [-0.2, -0.15) is 5.10 Å². The molecule has 0 saturated carbocycles. The molecule has 1 N–H and O–H groups in total. The quantitative estimate of drug-likeness (QED) is 0.414. The average Bonchev–Trinajstić information content (AvgIpc) is 3.52. The van der Waals surface area contributed by atoms with Crippen LogP contribution in [0, 0.1) is 11.6 Å². The summed E-state index contributed by atoms with van der Waals surface area (Å²) < 4.78 is 39.4. The van der Waals surface area contributed by atoms with E-state index in [9.17, 15) is 13.6 Å². The molecule has 0 bridgehead atoms. The van der Waals surface area contributed by atoms with E-state index in [0.29, 0.717) is 21.6 Å². The molecule has 0 radical (unpaired) electrons. The molecular formula is C21H18ClF2N5O3S. The maximum Gasteiger partial charge on any atom is 0.289 e. The highest BCUT2D eigenvalue weighted by molar-refractivity contribution is 7.10. The maximum absolute atomic E-state index is 14.0. The molecule has 8 nitrogen and oxygen atoms in total. The SMILES string of the molecule is COc1c(C(C)(CNC(=O)c2cc(-c3ccc(F)cc3F)no2)c2nc(Cl)cs2)cnn1C. The van der Waals surface area contributed by atoms with Crippen LogP contribution in [0.15, 0.2) is 40.4 Å². The summed E-state index contributed by atoms with van der Waals surface area (Å²) in [5, 5.41) is 13.5. The third-order valence-electron chi connectivity index (χ3n) is 5.16. The van der Waals surface area contributed by atoms with Crippen molar-refractivity contribution < 1.29 is 22.8 Å². The zero-order valence-electron chi connectivity index (χ0n) is 17.7. The smallest absolute Gasteiger partial charge is 0.289 e. The van der Waals surface area contributed by atoms with E-state index in [-0.39, 0.29) is 23.6 Å². The van der Waals surface area contributed by atoms with E-state index in [4.69, 9.17) is 20.9 Å². The Bertz CT molecular complexity index is 1320. The van der Waals surface area contributed by atoms with Crippen LogP contribution >= 0.6 is 22.9 Å². The minimum Gasteiger partial charge on any atom is -0.481 e. The average molecular weight is 494 g/mol. The van der Waals surface area contributed by atoms with Gasteiger partial charge >= 0.3 is 0 Å². The zero-order valence-corrected chi connectivity index (χ0v) is 19.3. The van der Waals surface area contributed by atoms with E-state index in [2.05, 4.69) is 20.6 Å². The van der Waals surface area contributed by atoms with Crippen molar-refractivity contribution in [1.82, 2.24) is 25.2 Å². The molecule has 172 valence electrons. The third-order valence-corrected chi connectivity index (χ3v) is 6.59. The summed E-state index contributed by atoms with van der Waals surface area (Å²) in [6.07, 6.45) is 1.64. The van der Waals surface area contributed by atoms with Gasteiger partial charge in [0, 0.05) is 42.2 Å². The zero-order chi connectivity index (χ0) is 23.8. The summed E-state index contributed by atoms with van der Waals surface area (Å²) in [4.78, 5) is 17.2. The Morgan fingerprint density at radius 1 is 1.36 bits per heavy atom. The standard InChI is InChI=1S/C21H18ClF2N5O3S/c1-21(20-27-17(22)9-33-20,13-8-26-29(2)19(13)31-3)10-25-18(30)16-7-15(28-32-16)12-5-4-11(23)6-14(12)24/h4-9H,10H2,1-3H3,(H,25,30). The van der Waals surface area contributed by atoms with Crippen LogP contribution < -0.4 is 10.1 Å². The van der Waals surface area contributed by atoms with E-state index >= 15 is 0 Å². The van der Waals surface area contributed by atoms with E-state index < -0.39 is 23.0 Å². The molecule has 4 rings (SSSR count).